The maximum atomic E-state index is 11.6. The molecule has 0 saturated heterocycles. The molecule has 1 amide bonds. The highest BCUT2D eigenvalue weighted by Crippen LogP contribution is 2.32. The number of primary amides is 1. The molecule has 0 saturated carbocycles. The van der Waals surface area contributed by atoms with Crippen LogP contribution in [-0.4, -0.2) is 33.0 Å². The van der Waals surface area contributed by atoms with E-state index in [2.05, 4.69) is 21.0 Å². The van der Waals surface area contributed by atoms with Crippen molar-refractivity contribution in [2.75, 3.05) is 7.11 Å². The van der Waals surface area contributed by atoms with Gasteiger partial charge in [-0.15, -0.1) is 0 Å². The lowest BCUT2D eigenvalue weighted by atomic mass is 10.1. The number of hydrogen-bond donors (Lipinski definition) is 2. The molecule has 0 fully saturated rings. The summed E-state index contributed by atoms with van der Waals surface area (Å²) < 4.78 is 5.32. The van der Waals surface area contributed by atoms with Crippen molar-refractivity contribution in [3.8, 4) is 28.5 Å². The summed E-state index contributed by atoms with van der Waals surface area (Å²) in [5.41, 5.74) is 11.0. The molecule has 0 unspecified atom stereocenters. The smallest absolute Gasteiger partial charge is 0.248 e. The van der Waals surface area contributed by atoms with Gasteiger partial charge in [-0.05, 0) is 42.0 Å². The fourth-order valence-electron chi connectivity index (χ4n) is 3.82. The highest BCUT2D eigenvalue weighted by molar-refractivity contribution is 5.93. The lowest BCUT2D eigenvalue weighted by molar-refractivity contribution is 0.1000. The minimum atomic E-state index is -0.456. The van der Waals surface area contributed by atoms with Crippen molar-refractivity contribution in [1.29, 1.82) is 0 Å². The topological polar surface area (TPSA) is 107 Å². The molecule has 3 heterocycles. The molecule has 0 radical (unpaired) electrons. The van der Waals surface area contributed by atoms with Crippen LogP contribution in [0, 0.1) is 0 Å². The van der Waals surface area contributed by atoms with Gasteiger partial charge in [-0.25, -0.2) is 9.97 Å². The zero-order valence-corrected chi connectivity index (χ0v) is 17.9. The zero-order chi connectivity index (χ0) is 22.8. The minimum Gasteiger partial charge on any atom is -0.481 e. The van der Waals surface area contributed by atoms with E-state index in [1.54, 1.807) is 31.5 Å². The average molecular weight is 435 g/mol. The number of H-pyrrole nitrogens is 1. The number of hydrogen-bond acceptors (Lipinski definition) is 5. The summed E-state index contributed by atoms with van der Waals surface area (Å²) in [5, 5.41) is 1.03. The standard InChI is InChI=1S/C26H21N5O2/c1-33-23-9-3-8-21(29-23)25-24(18-10-11-20-17(15-18)7-4-12-28-20)30-22(31-25)14-16-5-2-6-19(13-16)26(27)32/h2-13,15H,14H2,1H3,(H2,27,32)(H,30,31). The molecular weight excluding hydrogens is 414 g/mol. The number of ether oxygens (including phenoxy) is 1. The molecule has 7 heteroatoms. The van der Waals surface area contributed by atoms with Crippen molar-refractivity contribution < 1.29 is 9.53 Å². The molecule has 162 valence electrons. The van der Waals surface area contributed by atoms with Crippen LogP contribution in [0.5, 0.6) is 5.88 Å². The normalized spacial score (nSPS) is 10.9. The number of nitrogens with zero attached hydrogens (tertiary/aromatic N) is 3. The number of aromatic nitrogens is 4. The molecule has 0 aliphatic heterocycles. The Hall–Kier alpha value is -4.52. The molecule has 0 atom stereocenters. The SMILES string of the molecule is COc1cccc(-c2[nH]c(Cc3cccc(C(N)=O)c3)nc2-c2ccc3ncccc3c2)n1. The number of methoxy groups -OCH3 is 1. The summed E-state index contributed by atoms with van der Waals surface area (Å²) in [4.78, 5) is 28.9. The third-order valence-electron chi connectivity index (χ3n) is 5.40. The van der Waals surface area contributed by atoms with Crippen molar-refractivity contribution in [3.63, 3.8) is 0 Å². The third-order valence-corrected chi connectivity index (χ3v) is 5.40. The van der Waals surface area contributed by atoms with Gasteiger partial charge in [-0.2, -0.15) is 0 Å². The van der Waals surface area contributed by atoms with E-state index in [4.69, 9.17) is 15.5 Å². The average Bonchev–Trinajstić information content (AvgIpc) is 3.27. The van der Waals surface area contributed by atoms with Crippen LogP contribution in [0.1, 0.15) is 21.7 Å². The lowest BCUT2D eigenvalue weighted by Crippen LogP contribution is -2.11. The molecule has 0 aliphatic carbocycles. The number of nitrogens with two attached hydrogens (primary N) is 1. The van der Waals surface area contributed by atoms with Gasteiger partial charge in [0.25, 0.3) is 0 Å². The molecule has 5 rings (SSSR count). The first-order valence-corrected chi connectivity index (χ1v) is 10.4. The van der Waals surface area contributed by atoms with E-state index in [1.807, 2.05) is 48.5 Å². The Morgan fingerprint density at radius 3 is 2.73 bits per heavy atom. The number of pyridine rings is 2. The summed E-state index contributed by atoms with van der Waals surface area (Å²) in [7, 11) is 1.59. The second-order valence-electron chi connectivity index (χ2n) is 7.62. The molecule has 3 N–H and O–H groups in total. The molecule has 2 aromatic carbocycles. The molecule has 0 bridgehead atoms. The summed E-state index contributed by atoms with van der Waals surface area (Å²) >= 11 is 0. The fourth-order valence-corrected chi connectivity index (χ4v) is 3.82. The van der Waals surface area contributed by atoms with Gasteiger partial charge in [-0.1, -0.05) is 30.3 Å². The highest BCUT2D eigenvalue weighted by Gasteiger charge is 2.17. The van der Waals surface area contributed by atoms with E-state index in [0.29, 0.717) is 17.9 Å². The van der Waals surface area contributed by atoms with E-state index in [-0.39, 0.29) is 0 Å². The Labute approximate surface area is 190 Å². The molecule has 5 aromatic rings. The largest absolute Gasteiger partial charge is 0.481 e. The van der Waals surface area contributed by atoms with Crippen LogP contribution in [0.15, 0.2) is 79.0 Å². The van der Waals surface area contributed by atoms with Crippen LogP contribution in [0.25, 0.3) is 33.5 Å². The monoisotopic (exact) mass is 435 g/mol. The Bertz CT molecular complexity index is 1470. The summed E-state index contributed by atoms with van der Waals surface area (Å²) in [6, 6.07) is 22.9. The first-order valence-electron chi connectivity index (χ1n) is 10.4. The van der Waals surface area contributed by atoms with E-state index in [0.717, 1.165) is 44.9 Å². The van der Waals surface area contributed by atoms with E-state index in [9.17, 15) is 4.79 Å². The molecule has 7 nitrogen and oxygen atoms in total. The number of imidazole rings is 1. The first kappa shape index (κ1) is 20.4. The zero-order valence-electron chi connectivity index (χ0n) is 17.9. The molecular formula is C26H21N5O2. The maximum absolute atomic E-state index is 11.6. The van der Waals surface area contributed by atoms with Gasteiger partial charge in [0.05, 0.1) is 29.7 Å². The number of nitrogens with one attached hydrogen (secondary N) is 1. The van der Waals surface area contributed by atoms with Gasteiger partial charge >= 0.3 is 0 Å². The Morgan fingerprint density at radius 2 is 1.88 bits per heavy atom. The summed E-state index contributed by atoms with van der Waals surface area (Å²) in [6.45, 7) is 0. The summed E-state index contributed by atoms with van der Waals surface area (Å²) in [6.07, 6.45) is 2.29. The quantitative estimate of drug-likeness (QED) is 0.411. The van der Waals surface area contributed by atoms with Crippen LogP contribution in [0.3, 0.4) is 0 Å². The molecule has 3 aromatic heterocycles. The highest BCUT2D eigenvalue weighted by atomic mass is 16.5. The second-order valence-corrected chi connectivity index (χ2v) is 7.62. The van der Waals surface area contributed by atoms with Gasteiger partial charge in [0.2, 0.25) is 11.8 Å². The van der Waals surface area contributed by atoms with E-state index < -0.39 is 5.91 Å². The van der Waals surface area contributed by atoms with E-state index in [1.165, 1.54) is 0 Å². The Balaban J connectivity index is 1.62. The second kappa shape index (κ2) is 8.55. The predicted octanol–water partition coefficient (Wildman–Crippen LogP) is 4.39. The van der Waals surface area contributed by atoms with Crippen molar-refractivity contribution in [2.24, 2.45) is 5.73 Å². The maximum Gasteiger partial charge on any atom is 0.248 e. The van der Waals surface area contributed by atoms with Crippen LogP contribution in [0.4, 0.5) is 0 Å². The Morgan fingerprint density at radius 1 is 1.00 bits per heavy atom. The molecule has 0 spiro atoms. The third kappa shape index (κ3) is 4.16. The fraction of sp³-hybridized carbons (Fsp3) is 0.0769. The molecule has 0 aliphatic rings. The number of carbonyl (C=O) groups is 1. The number of aromatic amines is 1. The van der Waals surface area contributed by atoms with Gasteiger partial charge in [-0.3, -0.25) is 9.78 Å². The van der Waals surface area contributed by atoms with E-state index >= 15 is 0 Å². The number of benzene rings is 2. The van der Waals surface area contributed by atoms with Crippen LogP contribution < -0.4 is 10.5 Å². The predicted molar refractivity (Wildman–Crippen MR) is 127 cm³/mol. The number of fused-ring (bicyclic) bond motifs is 1. The lowest BCUT2D eigenvalue weighted by Gasteiger charge is -2.05. The van der Waals surface area contributed by atoms with Gasteiger partial charge in [0.1, 0.15) is 5.82 Å². The van der Waals surface area contributed by atoms with Crippen molar-refractivity contribution in [1.82, 2.24) is 19.9 Å². The first-order chi connectivity index (χ1) is 16.1. The summed E-state index contributed by atoms with van der Waals surface area (Å²) in [5.74, 6) is 0.812. The van der Waals surface area contributed by atoms with Crippen molar-refractivity contribution in [2.45, 2.75) is 6.42 Å². The van der Waals surface area contributed by atoms with Gasteiger partial charge in [0, 0.05) is 35.2 Å². The Kier molecular flexibility index (Phi) is 5.28. The van der Waals surface area contributed by atoms with Crippen molar-refractivity contribution >= 4 is 16.8 Å². The number of carbonyl (C=O) groups excluding carboxylic acids is 1. The van der Waals surface area contributed by atoms with Crippen LogP contribution >= 0.6 is 0 Å². The molecule has 33 heavy (non-hydrogen) atoms. The number of amides is 1. The minimum absolute atomic E-state index is 0.456. The van der Waals surface area contributed by atoms with Gasteiger partial charge in [0.15, 0.2) is 0 Å². The van der Waals surface area contributed by atoms with Crippen molar-refractivity contribution in [3.05, 3.63) is 95.9 Å². The van der Waals surface area contributed by atoms with Crippen LogP contribution in [-0.2, 0) is 6.42 Å². The van der Waals surface area contributed by atoms with Gasteiger partial charge < -0.3 is 15.5 Å². The number of rotatable bonds is 6. The van der Waals surface area contributed by atoms with Crippen LogP contribution in [0.2, 0.25) is 0 Å².